The molecule has 0 aliphatic carbocycles. The van der Waals surface area contributed by atoms with Crippen LogP contribution >= 0.6 is 0 Å². The maximum absolute atomic E-state index is 14.0. The van der Waals surface area contributed by atoms with Crippen molar-refractivity contribution in [2.75, 3.05) is 11.4 Å². The van der Waals surface area contributed by atoms with Crippen molar-refractivity contribution >= 4 is 11.6 Å². The van der Waals surface area contributed by atoms with E-state index in [4.69, 9.17) is 0 Å². The number of benzene rings is 2. The molecule has 3 aromatic rings. The van der Waals surface area contributed by atoms with Gasteiger partial charge in [-0.3, -0.25) is 4.79 Å². The van der Waals surface area contributed by atoms with Crippen LogP contribution < -0.4 is 4.90 Å². The Balaban J connectivity index is 1.99. The van der Waals surface area contributed by atoms with Gasteiger partial charge in [0.2, 0.25) is 0 Å². The van der Waals surface area contributed by atoms with Crippen molar-refractivity contribution in [3.63, 3.8) is 0 Å². The maximum atomic E-state index is 14.0. The third kappa shape index (κ3) is 2.80. The van der Waals surface area contributed by atoms with Gasteiger partial charge in [0.1, 0.15) is 11.5 Å². The van der Waals surface area contributed by atoms with Crippen molar-refractivity contribution in [3.05, 3.63) is 77.9 Å². The molecule has 24 heavy (non-hydrogen) atoms. The first-order valence-corrected chi connectivity index (χ1v) is 7.80. The highest BCUT2D eigenvalue weighted by Crippen LogP contribution is 2.21. The number of amides is 1. The minimum Gasteiger partial charge on any atom is -0.309 e. The van der Waals surface area contributed by atoms with E-state index in [1.54, 1.807) is 30.0 Å². The van der Waals surface area contributed by atoms with Gasteiger partial charge >= 0.3 is 0 Å². The molecule has 0 aliphatic heterocycles. The quantitative estimate of drug-likeness (QED) is 0.728. The zero-order chi connectivity index (χ0) is 17.1. The Morgan fingerprint density at radius 2 is 1.79 bits per heavy atom. The van der Waals surface area contributed by atoms with Crippen molar-refractivity contribution in [3.8, 4) is 5.69 Å². The number of anilines is 1. The third-order valence-electron chi connectivity index (χ3n) is 3.95. The maximum Gasteiger partial charge on any atom is 0.261 e. The highest BCUT2D eigenvalue weighted by molar-refractivity contribution is 6.06. The lowest BCUT2D eigenvalue weighted by Crippen LogP contribution is -2.30. The average Bonchev–Trinajstić information content (AvgIpc) is 2.98. The van der Waals surface area contributed by atoms with Crippen molar-refractivity contribution in [2.24, 2.45) is 0 Å². The van der Waals surface area contributed by atoms with Crippen LogP contribution in [-0.4, -0.2) is 22.2 Å². The molecule has 0 aliphatic rings. The summed E-state index contributed by atoms with van der Waals surface area (Å²) in [5, 5.41) is 4.21. The van der Waals surface area contributed by atoms with Crippen LogP contribution in [0, 0.1) is 12.7 Å². The molecule has 2 aromatic carbocycles. The van der Waals surface area contributed by atoms with Gasteiger partial charge in [-0.2, -0.15) is 5.10 Å². The second-order valence-electron chi connectivity index (χ2n) is 5.39. The van der Waals surface area contributed by atoms with Crippen LogP contribution in [0.3, 0.4) is 0 Å². The van der Waals surface area contributed by atoms with Gasteiger partial charge < -0.3 is 4.90 Å². The number of halogens is 1. The van der Waals surface area contributed by atoms with E-state index in [1.807, 2.05) is 37.3 Å². The van der Waals surface area contributed by atoms with E-state index in [9.17, 15) is 9.18 Å². The Morgan fingerprint density at radius 1 is 1.12 bits per heavy atom. The van der Waals surface area contributed by atoms with Crippen molar-refractivity contribution in [1.82, 2.24) is 9.78 Å². The lowest BCUT2D eigenvalue weighted by molar-refractivity contribution is 0.0987. The molecule has 0 saturated heterocycles. The molecule has 0 N–H and O–H groups in total. The van der Waals surface area contributed by atoms with Crippen LogP contribution in [-0.2, 0) is 0 Å². The van der Waals surface area contributed by atoms with Gasteiger partial charge in [0.25, 0.3) is 5.91 Å². The zero-order valence-electron chi connectivity index (χ0n) is 13.6. The molecule has 0 fully saturated rings. The molecule has 4 nitrogen and oxygen atoms in total. The Hall–Kier alpha value is -2.95. The zero-order valence-corrected chi connectivity index (χ0v) is 13.6. The van der Waals surface area contributed by atoms with Crippen LogP contribution in [0.25, 0.3) is 5.69 Å². The molecule has 1 heterocycles. The fourth-order valence-corrected chi connectivity index (χ4v) is 2.68. The number of carbonyl (C=O) groups excluding carboxylic acids is 1. The fourth-order valence-electron chi connectivity index (χ4n) is 2.68. The summed E-state index contributed by atoms with van der Waals surface area (Å²) in [6.07, 6.45) is 1.50. The Morgan fingerprint density at radius 3 is 2.46 bits per heavy atom. The van der Waals surface area contributed by atoms with Crippen molar-refractivity contribution < 1.29 is 9.18 Å². The monoisotopic (exact) mass is 323 g/mol. The predicted octanol–water partition coefficient (Wildman–Crippen LogP) is 3.99. The summed E-state index contributed by atoms with van der Waals surface area (Å²) in [5.74, 6) is -0.526. The largest absolute Gasteiger partial charge is 0.309 e. The molecule has 3 rings (SSSR count). The first kappa shape index (κ1) is 15.9. The van der Waals surface area contributed by atoms with Crippen molar-refractivity contribution in [1.29, 1.82) is 0 Å². The molecular weight excluding hydrogens is 305 g/mol. The van der Waals surface area contributed by atoms with Crippen LogP contribution in [0.1, 0.15) is 23.0 Å². The van der Waals surface area contributed by atoms with E-state index in [0.717, 1.165) is 5.69 Å². The second-order valence-corrected chi connectivity index (χ2v) is 5.39. The number of carbonyl (C=O) groups is 1. The average molecular weight is 323 g/mol. The van der Waals surface area contributed by atoms with Gasteiger partial charge in [0.05, 0.1) is 17.5 Å². The van der Waals surface area contributed by atoms with E-state index in [1.165, 1.54) is 16.9 Å². The number of hydrogen-bond donors (Lipinski definition) is 0. The molecule has 0 spiro atoms. The second kappa shape index (κ2) is 6.66. The number of para-hydroxylation sites is 2. The van der Waals surface area contributed by atoms with Crippen molar-refractivity contribution in [2.45, 2.75) is 13.8 Å². The predicted molar refractivity (Wildman–Crippen MR) is 92.1 cm³/mol. The summed E-state index contributed by atoms with van der Waals surface area (Å²) >= 11 is 0. The summed E-state index contributed by atoms with van der Waals surface area (Å²) < 4.78 is 15.5. The lowest BCUT2D eigenvalue weighted by Gasteiger charge is -2.20. The number of aromatic nitrogens is 2. The van der Waals surface area contributed by atoms with Gasteiger partial charge in [0.15, 0.2) is 0 Å². The minimum atomic E-state index is -0.377. The molecule has 0 atom stereocenters. The van der Waals surface area contributed by atoms with E-state index >= 15 is 0 Å². The molecule has 122 valence electrons. The lowest BCUT2D eigenvalue weighted by atomic mass is 10.2. The molecule has 1 aromatic heterocycles. The number of nitrogens with zero attached hydrogens (tertiary/aromatic N) is 3. The standard InChI is InChI=1S/C19H18FN3O/c1-3-22(15-9-5-4-6-10-15)19(24)16-13-21-23(14(16)2)18-12-8-7-11-17(18)20/h4-13H,3H2,1-2H3. The smallest absolute Gasteiger partial charge is 0.261 e. The molecule has 0 saturated carbocycles. The first-order chi connectivity index (χ1) is 11.6. The van der Waals surface area contributed by atoms with Gasteiger partial charge in [-0.05, 0) is 38.1 Å². The van der Waals surface area contributed by atoms with Crippen LogP contribution in [0.5, 0.6) is 0 Å². The van der Waals surface area contributed by atoms with Gasteiger partial charge in [0, 0.05) is 12.2 Å². The molecule has 0 radical (unpaired) electrons. The number of rotatable bonds is 4. The molecular formula is C19H18FN3O. The van der Waals surface area contributed by atoms with Gasteiger partial charge in [-0.15, -0.1) is 0 Å². The molecule has 0 bridgehead atoms. The van der Waals surface area contributed by atoms with E-state index < -0.39 is 0 Å². The minimum absolute atomic E-state index is 0.149. The Kier molecular flexibility index (Phi) is 4.42. The van der Waals surface area contributed by atoms with E-state index in [2.05, 4.69) is 5.10 Å². The molecule has 0 unspecified atom stereocenters. The highest BCUT2D eigenvalue weighted by atomic mass is 19.1. The summed E-state index contributed by atoms with van der Waals surface area (Å²) in [6.45, 7) is 4.22. The highest BCUT2D eigenvalue weighted by Gasteiger charge is 2.22. The summed E-state index contributed by atoms with van der Waals surface area (Å²) in [4.78, 5) is 14.6. The van der Waals surface area contributed by atoms with E-state index in [-0.39, 0.29) is 11.7 Å². The van der Waals surface area contributed by atoms with Gasteiger partial charge in [-0.25, -0.2) is 9.07 Å². The summed E-state index contributed by atoms with van der Waals surface area (Å²) in [6, 6.07) is 15.8. The van der Waals surface area contributed by atoms with Crippen LogP contribution in [0.15, 0.2) is 60.8 Å². The van der Waals surface area contributed by atoms with Gasteiger partial charge in [-0.1, -0.05) is 30.3 Å². The topological polar surface area (TPSA) is 38.1 Å². The SMILES string of the molecule is CCN(C(=O)c1cnn(-c2ccccc2F)c1C)c1ccccc1. The Bertz CT molecular complexity index is 858. The molecule has 1 amide bonds. The number of hydrogen-bond acceptors (Lipinski definition) is 2. The first-order valence-electron chi connectivity index (χ1n) is 7.80. The third-order valence-corrected chi connectivity index (χ3v) is 3.95. The summed E-state index contributed by atoms with van der Waals surface area (Å²) in [5.41, 5.74) is 2.23. The molecule has 5 heteroatoms. The fraction of sp³-hybridized carbons (Fsp3) is 0.158. The van der Waals surface area contributed by atoms with Crippen LogP contribution in [0.2, 0.25) is 0 Å². The Labute approximate surface area is 140 Å². The normalized spacial score (nSPS) is 10.6. The van der Waals surface area contributed by atoms with E-state index in [0.29, 0.717) is 23.5 Å². The van der Waals surface area contributed by atoms with Crippen LogP contribution in [0.4, 0.5) is 10.1 Å². The summed E-state index contributed by atoms with van der Waals surface area (Å²) in [7, 11) is 0.